The molecule has 1 aliphatic rings. The zero-order chi connectivity index (χ0) is 32.8. The lowest BCUT2D eigenvalue weighted by molar-refractivity contribution is -0.123. The summed E-state index contributed by atoms with van der Waals surface area (Å²) in [7, 11) is 0. The SMILES string of the molecule is CCCC(C)CCCC(C)CCCC(C)C.Cc1c(C)c2c(c(C)c1OCC(=O)NCCCC=O)CCC(C)O2.O=CO. The summed E-state index contributed by atoms with van der Waals surface area (Å²) < 4.78 is 11.8. The molecule has 3 atom stereocenters. The summed E-state index contributed by atoms with van der Waals surface area (Å²) in [5.74, 6) is 4.39. The van der Waals surface area contributed by atoms with Crippen molar-refractivity contribution >= 4 is 18.7 Å². The number of benzene rings is 1. The first-order valence-corrected chi connectivity index (χ1v) is 16.6. The molecule has 0 bridgehead atoms. The van der Waals surface area contributed by atoms with Gasteiger partial charge in [0.2, 0.25) is 0 Å². The molecule has 0 saturated heterocycles. The molecule has 0 radical (unpaired) electrons. The van der Waals surface area contributed by atoms with Crippen LogP contribution in [0.5, 0.6) is 11.5 Å². The van der Waals surface area contributed by atoms with Gasteiger partial charge in [-0.15, -0.1) is 0 Å². The molecule has 0 aliphatic carbocycles. The number of nitrogens with one attached hydrogen (secondary N) is 1. The Morgan fingerprint density at radius 3 is 2.09 bits per heavy atom. The van der Waals surface area contributed by atoms with Crippen LogP contribution in [0.2, 0.25) is 0 Å². The predicted octanol–water partition coefficient (Wildman–Crippen LogP) is 8.56. The van der Waals surface area contributed by atoms with E-state index in [-0.39, 0.29) is 25.1 Å². The van der Waals surface area contributed by atoms with Gasteiger partial charge < -0.3 is 24.7 Å². The van der Waals surface area contributed by atoms with Crippen molar-refractivity contribution in [3.05, 3.63) is 22.3 Å². The Labute approximate surface area is 262 Å². The van der Waals surface area contributed by atoms with Gasteiger partial charge in [0.05, 0.1) is 6.10 Å². The number of amides is 1. The molecule has 1 aromatic rings. The van der Waals surface area contributed by atoms with Crippen molar-refractivity contribution < 1.29 is 29.0 Å². The number of carbonyl (C=O) groups is 3. The molecular weight excluding hydrogens is 542 g/mol. The molecule has 0 aromatic heterocycles. The molecule has 248 valence electrons. The van der Waals surface area contributed by atoms with Gasteiger partial charge in [0.25, 0.3) is 12.4 Å². The van der Waals surface area contributed by atoms with Crippen molar-refractivity contribution in [1.29, 1.82) is 0 Å². The van der Waals surface area contributed by atoms with Gasteiger partial charge in [0.15, 0.2) is 6.61 Å². The average molecular weight is 606 g/mol. The summed E-state index contributed by atoms with van der Waals surface area (Å²) in [5.41, 5.74) is 4.36. The standard InChI is InChI=1S/C19H27NO4.C16H34.CH2O2/c1-12-7-8-16-15(4)18(13(2)14(3)19(16)24-12)23-11-17(22)20-9-5-6-10-21;1-6-9-15(4)12-8-13-16(5)11-7-10-14(2)3;2-1-3/h10,12H,5-9,11H2,1-4H3,(H,20,22);14-16H,6-13H2,1-5H3;1H,(H,2,3). The van der Waals surface area contributed by atoms with E-state index in [0.717, 1.165) is 65.1 Å². The number of hydrogen-bond donors (Lipinski definition) is 2. The van der Waals surface area contributed by atoms with Crippen LogP contribution in [-0.4, -0.2) is 43.0 Å². The maximum Gasteiger partial charge on any atom is 0.290 e. The molecule has 1 heterocycles. The quantitative estimate of drug-likeness (QED) is 0.136. The lowest BCUT2D eigenvalue weighted by atomic mass is 9.92. The van der Waals surface area contributed by atoms with Crippen LogP contribution in [0.3, 0.4) is 0 Å². The first-order valence-electron chi connectivity index (χ1n) is 16.6. The fourth-order valence-corrected chi connectivity index (χ4v) is 5.51. The maximum atomic E-state index is 11.9. The largest absolute Gasteiger partial charge is 0.490 e. The van der Waals surface area contributed by atoms with Gasteiger partial charge in [0, 0.05) is 18.5 Å². The van der Waals surface area contributed by atoms with Crippen LogP contribution in [0.25, 0.3) is 0 Å². The highest BCUT2D eigenvalue weighted by Crippen LogP contribution is 2.41. The van der Waals surface area contributed by atoms with E-state index in [1.807, 2.05) is 20.8 Å². The minimum Gasteiger partial charge on any atom is -0.490 e. The molecule has 7 heteroatoms. The number of hydrogen-bond acceptors (Lipinski definition) is 5. The molecule has 1 amide bonds. The minimum atomic E-state index is -0.250. The van der Waals surface area contributed by atoms with Gasteiger partial charge in [-0.2, -0.15) is 0 Å². The zero-order valence-electron chi connectivity index (χ0n) is 28.9. The first kappa shape index (κ1) is 40.4. The fraction of sp³-hybridized carbons (Fsp3) is 0.750. The molecule has 1 aliphatic heterocycles. The van der Waals surface area contributed by atoms with Crippen molar-refractivity contribution in [3.8, 4) is 11.5 Å². The van der Waals surface area contributed by atoms with Crippen LogP contribution in [0.1, 0.15) is 134 Å². The van der Waals surface area contributed by atoms with Gasteiger partial charge >= 0.3 is 0 Å². The number of rotatable bonds is 17. The van der Waals surface area contributed by atoms with Gasteiger partial charge in [-0.05, 0) is 81.4 Å². The third-order valence-corrected chi connectivity index (χ3v) is 8.25. The van der Waals surface area contributed by atoms with E-state index >= 15 is 0 Å². The van der Waals surface area contributed by atoms with E-state index in [0.29, 0.717) is 19.4 Å². The van der Waals surface area contributed by atoms with Crippen LogP contribution < -0.4 is 14.8 Å². The molecule has 2 rings (SSSR count). The number of unbranched alkanes of at least 4 members (excludes halogenated alkanes) is 1. The Morgan fingerprint density at radius 2 is 1.53 bits per heavy atom. The Bertz CT molecular complexity index is 929. The molecule has 0 fully saturated rings. The molecule has 1 aromatic carbocycles. The van der Waals surface area contributed by atoms with E-state index in [4.69, 9.17) is 19.4 Å². The monoisotopic (exact) mass is 605 g/mol. The minimum absolute atomic E-state index is 0.0156. The molecule has 43 heavy (non-hydrogen) atoms. The van der Waals surface area contributed by atoms with Crippen LogP contribution in [0.15, 0.2) is 0 Å². The summed E-state index contributed by atoms with van der Waals surface area (Å²) in [5, 5.41) is 9.65. The smallest absolute Gasteiger partial charge is 0.290 e. The van der Waals surface area contributed by atoms with E-state index in [1.54, 1.807) is 0 Å². The number of ether oxygens (including phenoxy) is 2. The molecule has 3 unspecified atom stereocenters. The second-order valence-electron chi connectivity index (χ2n) is 12.8. The Hall–Kier alpha value is -2.57. The van der Waals surface area contributed by atoms with Gasteiger partial charge in [0.1, 0.15) is 17.8 Å². The fourth-order valence-electron chi connectivity index (χ4n) is 5.51. The Kier molecular flexibility index (Phi) is 22.4. The maximum absolute atomic E-state index is 11.9. The third kappa shape index (κ3) is 17.3. The van der Waals surface area contributed by atoms with Crippen LogP contribution in [0, 0.1) is 38.5 Å². The number of carbonyl (C=O) groups excluding carboxylic acids is 2. The highest BCUT2D eigenvalue weighted by molar-refractivity contribution is 5.77. The molecule has 0 saturated carbocycles. The summed E-state index contributed by atoms with van der Waals surface area (Å²) in [6, 6.07) is 0. The van der Waals surface area contributed by atoms with Gasteiger partial charge in [-0.1, -0.05) is 86.0 Å². The average Bonchev–Trinajstić information content (AvgIpc) is 2.95. The summed E-state index contributed by atoms with van der Waals surface area (Å²) >= 11 is 0. The second-order valence-corrected chi connectivity index (χ2v) is 12.8. The first-order chi connectivity index (χ1) is 20.4. The highest BCUT2D eigenvalue weighted by atomic mass is 16.5. The third-order valence-electron chi connectivity index (χ3n) is 8.25. The van der Waals surface area contributed by atoms with E-state index in [9.17, 15) is 9.59 Å². The number of aldehydes is 1. The Morgan fingerprint density at radius 1 is 0.953 bits per heavy atom. The van der Waals surface area contributed by atoms with Gasteiger partial charge in [-0.3, -0.25) is 9.59 Å². The number of carboxylic acid groups (broad SMARTS) is 1. The summed E-state index contributed by atoms with van der Waals surface area (Å²) in [6.07, 6.45) is 15.6. The van der Waals surface area contributed by atoms with Crippen molar-refractivity contribution in [3.63, 3.8) is 0 Å². The zero-order valence-corrected chi connectivity index (χ0v) is 28.9. The topological polar surface area (TPSA) is 102 Å². The second kappa shape index (κ2) is 23.8. The number of fused-ring (bicyclic) bond motifs is 1. The molecule has 0 spiro atoms. The lowest BCUT2D eigenvalue weighted by Crippen LogP contribution is -2.30. The van der Waals surface area contributed by atoms with E-state index < -0.39 is 0 Å². The van der Waals surface area contributed by atoms with Crippen molar-refractivity contribution in [2.45, 2.75) is 145 Å². The van der Waals surface area contributed by atoms with Gasteiger partial charge in [-0.25, -0.2) is 0 Å². The highest BCUT2D eigenvalue weighted by Gasteiger charge is 2.25. The van der Waals surface area contributed by atoms with E-state index in [2.05, 4.69) is 46.9 Å². The Balaban J connectivity index is 0.000000807. The molecule has 2 N–H and O–H groups in total. The summed E-state index contributed by atoms with van der Waals surface area (Å²) in [6.45, 7) is 20.2. The van der Waals surface area contributed by atoms with Crippen LogP contribution in [-0.2, 0) is 20.8 Å². The van der Waals surface area contributed by atoms with E-state index in [1.165, 1.54) is 56.9 Å². The predicted molar refractivity (Wildman–Crippen MR) is 177 cm³/mol. The summed E-state index contributed by atoms with van der Waals surface area (Å²) in [4.78, 5) is 30.5. The molecular formula is C36H63NO6. The van der Waals surface area contributed by atoms with Crippen LogP contribution >= 0.6 is 0 Å². The lowest BCUT2D eigenvalue weighted by Gasteiger charge is -2.29. The van der Waals surface area contributed by atoms with Crippen molar-refractivity contribution in [2.24, 2.45) is 17.8 Å². The molecule has 7 nitrogen and oxygen atoms in total. The van der Waals surface area contributed by atoms with Crippen LogP contribution in [0.4, 0.5) is 0 Å². The van der Waals surface area contributed by atoms with Crippen molar-refractivity contribution in [2.75, 3.05) is 13.2 Å². The normalized spacial score (nSPS) is 15.0. The van der Waals surface area contributed by atoms with Crippen molar-refractivity contribution in [1.82, 2.24) is 5.32 Å².